The summed E-state index contributed by atoms with van der Waals surface area (Å²) >= 11 is 0. The maximum absolute atomic E-state index is 14.6. The van der Waals surface area contributed by atoms with Crippen LogP contribution in [-0.2, 0) is 31.9 Å². The number of aryl methyl sites for hydroxylation is 2. The summed E-state index contributed by atoms with van der Waals surface area (Å²) in [4.78, 5) is 35.5. The van der Waals surface area contributed by atoms with Crippen LogP contribution in [0.3, 0.4) is 0 Å². The predicted octanol–water partition coefficient (Wildman–Crippen LogP) is 7.91. The average Bonchev–Trinajstić information content (AvgIpc) is 3.58. The Hall–Kier alpha value is -4.44. The van der Waals surface area contributed by atoms with E-state index < -0.39 is 49.4 Å². The third kappa shape index (κ3) is 9.13. The first-order chi connectivity index (χ1) is 24.2. The molecule has 12 nitrogen and oxygen atoms in total. The van der Waals surface area contributed by atoms with E-state index in [2.05, 4.69) is 40.1 Å². The smallest absolute Gasteiger partial charge is 0.419 e. The van der Waals surface area contributed by atoms with E-state index in [1.165, 1.54) is 12.0 Å². The second-order valence-electron chi connectivity index (χ2n) is 15.4. The number of likely N-dealkylation sites (tertiary alicyclic amines) is 1. The van der Waals surface area contributed by atoms with Gasteiger partial charge in [-0.1, -0.05) is 36.9 Å². The van der Waals surface area contributed by atoms with E-state index in [1.54, 1.807) is 44.5 Å². The SMILES string of the molecule is COC(=O)[C@@H]1C[C@H](Nc2ncc(C(F)(F)F)c(-c3cn(COCC[Si](C)(C)C)c4cc(-c5c(C)noc5C)ccc34)n2)CN(C(=O)OC(C)(C)C)C1. The van der Waals surface area contributed by atoms with Gasteiger partial charge < -0.3 is 33.5 Å². The molecular weight excluding hydrogens is 698 g/mol. The Bertz CT molecular complexity index is 1910. The second-order valence-corrected chi connectivity index (χ2v) is 21.0. The molecule has 52 heavy (non-hydrogen) atoms. The van der Waals surface area contributed by atoms with Crippen molar-refractivity contribution in [3.05, 3.63) is 47.6 Å². The highest BCUT2D eigenvalue weighted by Crippen LogP contribution is 2.41. The van der Waals surface area contributed by atoms with Crippen molar-refractivity contribution in [2.75, 3.05) is 32.1 Å². The van der Waals surface area contributed by atoms with Crippen LogP contribution in [0.15, 0.2) is 35.1 Å². The molecule has 1 amide bonds. The third-order valence-electron chi connectivity index (χ3n) is 8.75. The van der Waals surface area contributed by atoms with Crippen molar-refractivity contribution in [1.29, 1.82) is 0 Å². The molecule has 3 aromatic heterocycles. The van der Waals surface area contributed by atoms with Crippen LogP contribution in [-0.4, -0.2) is 83.2 Å². The number of ether oxygens (including phenoxy) is 3. The van der Waals surface area contributed by atoms with E-state index in [-0.39, 0.29) is 43.4 Å². The Morgan fingerprint density at radius 3 is 2.46 bits per heavy atom. The third-order valence-corrected chi connectivity index (χ3v) is 10.5. The van der Waals surface area contributed by atoms with Gasteiger partial charge in [-0.25, -0.2) is 14.8 Å². The second kappa shape index (κ2) is 14.9. The van der Waals surface area contributed by atoms with E-state index in [0.29, 0.717) is 29.0 Å². The predicted molar refractivity (Wildman–Crippen MR) is 192 cm³/mol. The van der Waals surface area contributed by atoms with E-state index in [1.807, 2.05) is 19.1 Å². The number of nitrogens with one attached hydrogen (secondary N) is 1. The van der Waals surface area contributed by atoms with Crippen LogP contribution in [0, 0.1) is 19.8 Å². The summed E-state index contributed by atoms with van der Waals surface area (Å²) in [6.07, 6.45) is -2.80. The quantitative estimate of drug-likeness (QED) is 0.0970. The molecule has 282 valence electrons. The lowest BCUT2D eigenvalue weighted by molar-refractivity contribution is -0.147. The number of nitrogens with zero attached hydrogens (tertiary/aromatic N) is 5. The van der Waals surface area contributed by atoms with Crippen molar-refractivity contribution >= 4 is 37.0 Å². The van der Waals surface area contributed by atoms with Crippen LogP contribution in [0.4, 0.5) is 23.9 Å². The molecule has 0 radical (unpaired) electrons. The number of alkyl halides is 3. The number of carbonyl (C=O) groups is 2. The molecule has 5 rings (SSSR count). The minimum absolute atomic E-state index is 0.0638. The fourth-order valence-corrected chi connectivity index (χ4v) is 7.00. The van der Waals surface area contributed by atoms with Gasteiger partial charge in [0.25, 0.3) is 0 Å². The van der Waals surface area contributed by atoms with Crippen LogP contribution in [0.1, 0.15) is 44.2 Å². The van der Waals surface area contributed by atoms with Crippen molar-refractivity contribution < 1.29 is 41.5 Å². The minimum atomic E-state index is -4.78. The number of methoxy groups -OCH3 is 1. The molecule has 0 spiro atoms. The number of carbonyl (C=O) groups excluding carboxylic acids is 2. The van der Waals surface area contributed by atoms with Gasteiger partial charge in [0.15, 0.2) is 0 Å². The summed E-state index contributed by atoms with van der Waals surface area (Å²) in [5.74, 6) is -0.703. The first kappa shape index (κ1) is 38.8. The van der Waals surface area contributed by atoms with Crippen molar-refractivity contribution in [1.82, 2.24) is 24.6 Å². The standard InChI is InChI=1S/C36H47F3N6O6Si/c1-21-30(22(2)51-43-21)23-10-11-26-27(19-45(29(26)15-23)20-49-12-13-52(7,8)9)31-28(36(37,38)39)16-40-33(42-31)41-25-14-24(32(46)48-6)17-44(18-25)34(47)50-35(3,4)5/h10-11,15-16,19,24-25H,12-14,17-18,20H2,1-9H3,(H,40,41,42)/t24-,25+/m1/s1. The number of aromatic nitrogens is 4. The Kier molecular flexibility index (Phi) is 11.1. The van der Waals surface area contributed by atoms with Crippen LogP contribution < -0.4 is 5.32 Å². The summed E-state index contributed by atoms with van der Waals surface area (Å²) in [7, 11) is -0.140. The lowest BCUT2D eigenvalue weighted by atomic mass is 9.94. The van der Waals surface area contributed by atoms with Crippen molar-refractivity contribution in [2.45, 2.75) is 91.3 Å². The van der Waals surface area contributed by atoms with Gasteiger partial charge in [0.1, 0.15) is 23.7 Å². The number of amides is 1. The number of anilines is 1. The number of halogens is 3. The molecule has 1 aliphatic rings. The van der Waals surface area contributed by atoms with E-state index in [9.17, 15) is 22.8 Å². The van der Waals surface area contributed by atoms with Gasteiger partial charge in [-0.3, -0.25) is 4.79 Å². The molecule has 2 atom stereocenters. The molecular formula is C36H47F3N6O6Si. The van der Waals surface area contributed by atoms with Gasteiger partial charge in [-0.05, 0) is 58.7 Å². The zero-order valence-electron chi connectivity index (χ0n) is 31.1. The molecule has 0 aliphatic carbocycles. The highest BCUT2D eigenvalue weighted by molar-refractivity contribution is 6.76. The molecule has 0 unspecified atom stereocenters. The van der Waals surface area contributed by atoms with Gasteiger partial charge >= 0.3 is 18.2 Å². The Balaban J connectivity index is 1.56. The molecule has 1 aromatic carbocycles. The zero-order chi connectivity index (χ0) is 38.2. The van der Waals surface area contributed by atoms with Crippen LogP contribution >= 0.6 is 0 Å². The molecule has 1 fully saturated rings. The molecule has 4 aromatic rings. The lowest BCUT2D eigenvalue weighted by Crippen LogP contribution is -2.52. The van der Waals surface area contributed by atoms with Crippen LogP contribution in [0.2, 0.25) is 25.7 Å². The molecule has 1 saturated heterocycles. The summed E-state index contributed by atoms with van der Waals surface area (Å²) in [6, 6.07) is 5.80. The highest BCUT2D eigenvalue weighted by atomic mass is 28.3. The van der Waals surface area contributed by atoms with E-state index in [0.717, 1.165) is 23.4 Å². The Morgan fingerprint density at radius 1 is 1.12 bits per heavy atom. The first-order valence-electron chi connectivity index (χ1n) is 17.1. The summed E-state index contributed by atoms with van der Waals surface area (Å²) in [6.45, 7) is 16.3. The number of rotatable bonds is 10. The molecule has 0 saturated carbocycles. The molecule has 0 bridgehead atoms. The normalized spacial score (nSPS) is 17.0. The highest BCUT2D eigenvalue weighted by Gasteiger charge is 2.39. The topological polar surface area (TPSA) is 134 Å². The minimum Gasteiger partial charge on any atom is -0.469 e. The fraction of sp³-hybridized carbons (Fsp3) is 0.528. The van der Waals surface area contributed by atoms with Gasteiger partial charge in [-0.2, -0.15) is 13.2 Å². The van der Waals surface area contributed by atoms with E-state index in [4.69, 9.17) is 18.7 Å². The van der Waals surface area contributed by atoms with Crippen LogP contribution in [0.5, 0.6) is 0 Å². The Labute approximate surface area is 302 Å². The number of piperidine rings is 1. The van der Waals surface area contributed by atoms with Gasteiger partial charge in [0.05, 0.1) is 29.9 Å². The molecule has 4 heterocycles. The molecule has 1 aliphatic heterocycles. The number of benzene rings is 1. The van der Waals surface area contributed by atoms with Gasteiger partial charge in [0.2, 0.25) is 5.95 Å². The summed E-state index contributed by atoms with van der Waals surface area (Å²) in [5.41, 5.74) is 1.04. The number of hydrogen-bond donors (Lipinski definition) is 1. The zero-order valence-corrected chi connectivity index (χ0v) is 32.1. The maximum atomic E-state index is 14.6. The summed E-state index contributed by atoms with van der Waals surface area (Å²) in [5, 5.41) is 7.68. The van der Waals surface area contributed by atoms with Gasteiger partial charge in [-0.15, -0.1) is 0 Å². The first-order valence-corrected chi connectivity index (χ1v) is 20.9. The van der Waals surface area contributed by atoms with Gasteiger partial charge in [0, 0.05) is 62.7 Å². The van der Waals surface area contributed by atoms with Crippen molar-refractivity contribution in [3.8, 4) is 22.4 Å². The lowest BCUT2D eigenvalue weighted by Gasteiger charge is -2.37. The average molecular weight is 745 g/mol. The van der Waals surface area contributed by atoms with E-state index >= 15 is 0 Å². The van der Waals surface area contributed by atoms with Crippen LogP contribution in [0.25, 0.3) is 33.3 Å². The molecule has 1 N–H and O–H groups in total. The number of esters is 1. The fourth-order valence-electron chi connectivity index (χ4n) is 6.24. The monoisotopic (exact) mass is 744 g/mol. The molecule has 16 heteroatoms. The number of fused-ring (bicyclic) bond motifs is 1. The van der Waals surface area contributed by atoms with Crippen molar-refractivity contribution in [2.24, 2.45) is 5.92 Å². The van der Waals surface area contributed by atoms with Crippen molar-refractivity contribution in [3.63, 3.8) is 0 Å². The Morgan fingerprint density at radius 2 is 1.85 bits per heavy atom. The number of hydrogen-bond acceptors (Lipinski definition) is 10. The largest absolute Gasteiger partial charge is 0.469 e. The summed E-state index contributed by atoms with van der Waals surface area (Å²) < 4.78 is 67.6. The maximum Gasteiger partial charge on any atom is 0.419 e.